The molecule has 2 rings (SSSR count). The highest BCUT2D eigenvalue weighted by Gasteiger charge is 2.43. The van der Waals surface area contributed by atoms with Gasteiger partial charge in [-0.15, -0.1) is 0 Å². The molecular formula is C13H24N2O4S. The Morgan fingerprint density at radius 2 is 1.80 bits per heavy atom. The van der Waals surface area contributed by atoms with Gasteiger partial charge in [-0.1, -0.05) is 13.8 Å². The third kappa shape index (κ3) is 2.99. The lowest BCUT2D eigenvalue weighted by Gasteiger charge is -2.40. The van der Waals surface area contributed by atoms with E-state index in [0.717, 1.165) is 25.7 Å². The molecule has 0 radical (unpaired) electrons. The van der Waals surface area contributed by atoms with Crippen LogP contribution in [0.15, 0.2) is 0 Å². The number of carboxylic acids is 1. The van der Waals surface area contributed by atoms with E-state index in [0.29, 0.717) is 25.6 Å². The van der Waals surface area contributed by atoms with E-state index in [4.69, 9.17) is 0 Å². The van der Waals surface area contributed by atoms with E-state index in [1.54, 1.807) is 0 Å². The molecule has 2 heterocycles. The monoisotopic (exact) mass is 304 g/mol. The Morgan fingerprint density at radius 1 is 1.15 bits per heavy atom. The van der Waals surface area contributed by atoms with Crippen LogP contribution >= 0.6 is 0 Å². The highest BCUT2D eigenvalue weighted by Crippen LogP contribution is 2.29. The average Bonchev–Trinajstić information content (AvgIpc) is 2.38. The van der Waals surface area contributed by atoms with Crippen LogP contribution in [0.2, 0.25) is 0 Å². The maximum Gasteiger partial charge on any atom is 0.322 e. The van der Waals surface area contributed by atoms with Gasteiger partial charge in [-0.05, 0) is 37.5 Å². The van der Waals surface area contributed by atoms with Gasteiger partial charge in [0.2, 0.25) is 0 Å². The molecule has 0 aromatic rings. The Kier molecular flexibility index (Phi) is 4.71. The van der Waals surface area contributed by atoms with Gasteiger partial charge in [0, 0.05) is 19.6 Å². The van der Waals surface area contributed by atoms with Gasteiger partial charge in [0.15, 0.2) is 0 Å². The number of hydrogen-bond donors (Lipinski definition) is 1. The van der Waals surface area contributed by atoms with Crippen LogP contribution in [0.5, 0.6) is 0 Å². The minimum atomic E-state index is -3.66. The largest absolute Gasteiger partial charge is 0.480 e. The van der Waals surface area contributed by atoms with E-state index in [9.17, 15) is 18.3 Å². The van der Waals surface area contributed by atoms with Crippen molar-refractivity contribution in [3.8, 4) is 0 Å². The molecule has 0 spiro atoms. The molecule has 0 aromatic heterocycles. The van der Waals surface area contributed by atoms with Crippen molar-refractivity contribution < 1.29 is 18.3 Å². The highest BCUT2D eigenvalue weighted by atomic mass is 32.2. The first-order chi connectivity index (χ1) is 9.34. The molecule has 116 valence electrons. The van der Waals surface area contributed by atoms with Gasteiger partial charge in [0.05, 0.1) is 0 Å². The Morgan fingerprint density at radius 3 is 2.40 bits per heavy atom. The van der Waals surface area contributed by atoms with Crippen LogP contribution in [-0.4, -0.2) is 53.8 Å². The molecule has 1 N–H and O–H groups in total. The average molecular weight is 304 g/mol. The first kappa shape index (κ1) is 15.7. The third-order valence-corrected chi connectivity index (χ3v) is 6.37. The summed E-state index contributed by atoms with van der Waals surface area (Å²) in [6.07, 6.45) is 3.37. The summed E-state index contributed by atoms with van der Waals surface area (Å²) in [5, 5.41) is 9.37. The first-order valence-electron chi connectivity index (χ1n) is 7.33. The molecule has 3 unspecified atom stereocenters. The Balaban J connectivity index is 2.24. The van der Waals surface area contributed by atoms with Crippen LogP contribution in [0.1, 0.15) is 39.5 Å². The van der Waals surface area contributed by atoms with Crippen LogP contribution < -0.4 is 0 Å². The third-order valence-electron chi connectivity index (χ3n) is 4.38. The number of piperidine rings is 2. The van der Waals surface area contributed by atoms with Crippen molar-refractivity contribution in [3.05, 3.63) is 0 Å². The van der Waals surface area contributed by atoms with E-state index < -0.39 is 22.2 Å². The Bertz CT molecular complexity index is 465. The molecule has 3 atom stereocenters. The van der Waals surface area contributed by atoms with E-state index in [-0.39, 0.29) is 5.92 Å². The molecule has 2 aliphatic rings. The summed E-state index contributed by atoms with van der Waals surface area (Å²) >= 11 is 0. The molecule has 0 saturated carbocycles. The molecular weight excluding hydrogens is 280 g/mol. The molecule has 2 aliphatic heterocycles. The summed E-state index contributed by atoms with van der Waals surface area (Å²) in [6.45, 7) is 5.17. The van der Waals surface area contributed by atoms with Crippen molar-refractivity contribution in [2.75, 3.05) is 19.6 Å². The molecule has 2 fully saturated rings. The van der Waals surface area contributed by atoms with Crippen LogP contribution in [0.25, 0.3) is 0 Å². The molecule has 2 saturated heterocycles. The molecule has 6 nitrogen and oxygen atoms in total. The maximum atomic E-state index is 12.7. The van der Waals surface area contributed by atoms with E-state index in [1.165, 1.54) is 8.61 Å². The predicted molar refractivity (Wildman–Crippen MR) is 75.4 cm³/mol. The van der Waals surface area contributed by atoms with Crippen molar-refractivity contribution in [2.45, 2.75) is 45.6 Å². The number of nitrogens with zero attached hydrogens (tertiary/aromatic N) is 2. The van der Waals surface area contributed by atoms with Crippen molar-refractivity contribution in [2.24, 2.45) is 11.8 Å². The van der Waals surface area contributed by atoms with Crippen molar-refractivity contribution >= 4 is 16.2 Å². The van der Waals surface area contributed by atoms with Crippen LogP contribution in [-0.2, 0) is 15.0 Å². The summed E-state index contributed by atoms with van der Waals surface area (Å²) in [5.41, 5.74) is 0. The second-order valence-corrected chi connectivity index (χ2v) is 8.01. The Labute approximate surface area is 120 Å². The Hall–Kier alpha value is -0.660. The van der Waals surface area contributed by atoms with Crippen LogP contribution in [0, 0.1) is 11.8 Å². The van der Waals surface area contributed by atoms with Crippen molar-refractivity contribution in [1.82, 2.24) is 8.61 Å². The summed E-state index contributed by atoms with van der Waals surface area (Å²) in [7, 11) is -3.66. The van der Waals surface area contributed by atoms with E-state index in [1.807, 2.05) is 13.8 Å². The van der Waals surface area contributed by atoms with Gasteiger partial charge in [0.25, 0.3) is 10.2 Å². The second kappa shape index (κ2) is 5.99. The molecule has 0 amide bonds. The fourth-order valence-corrected chi connectivity index (χ4v) is 5.32. The number of aliphatic carboxylic acids is 1. The van der Waals surface area contributed by atoms with Gasteiger partial charge in [-0.3, -0.25) is 4.79 Å². The van der Waals surface area contributed by atoms with Crippen LogP contribution in [0.3, 0.4) is 0 Å². The maximum absolute atomic E-state index is 12.7. The molecule has 0 aliphatic carbocycles. The molecule has 7 heteroatoms. The lowest BCUT2D eigenvalue weighted by Crippen LogP contribution is -2.57. The van der Waals surface area contributed by atoms with Gasteiger partial charge in [0.1, 0.15) is 6.04 Å². The summed E-state index contributed by atoms with van der Waals surface area (Å²) in [4.78, 5) is 11.4. The number of carboxylic acid groups (broad SMARTS) is 1. The lowest BCUT2D eigenvalue weighted by atomic mass is 9.93. The predicted octanol–water partition coefficient (Wildman–Crippen LogP) is 1.15. The standard InChI is InChI=1S/C13H24N2O4S/c1-10-5-3-7-14(9-10)20(18,19)15-8-4-6-11(2)12(15)13(16)17/h10-12H,3-9H2,1-2H3,(H,16,17). The second-order valence-electron chi connectivity index (χ2n) is 6.13. The summed E-state index contributed by atoms with van der Waals surface area (Å²) in [6, 6.07) is -0.925. The van der Waals surface area contributed by atoms with Gasteiger partial charge >= 0.3 is 5.97 Å². The van der Waals surface area contributed by atoms with Crippen LogP contribution in [0.4, 0.5) is 0 Å². The van der Waals surface area contributed by atoms with E-state index in [2.05, 4.69) is 0 Å². The lowest BCUT2D eigenvalue weighted by molar-refractivity contribution is -0.144. The number of carbonyl (C=O) groups is 1. The number of rotatable bonds is 3. The summed E-state index contributed by atoms with van der Waals surface area (Å²) < 4.78 is 28.1. The number of hydrogen-bond acceptors (Lipinski definition) is 3. The molecule has 0 aromatic carbocycles. The van der Waals surface area contributed by atoms with Crippen molar-refractivity contribution in [3.63, 3.8) is 0 Å². The minimum Gasteiger partial charge on any atom is -0.480 e. The zero-order valence-corrected chi connectivity index (χ0v) is 13.0. The fourth-order valence-electron chi connectivity index (χ4n) is 3.28. The SMILES string of the molecule is CC1CCCN(S(=O)(=O)N2CCCC(C)C2C(=O)O)C1. The fraction of sp³-hybridized carbons (Fsp3) is 0.923. The molecule has 20 heavy (non-hydrogen) atoms. The highest BCUT2D eigenvalue weighted by molar-refractivity contribution is 7.86. The minimum absolute atomic E-state index is 0.141. The first-order valence-corrected chi connectivity index (χ1v) is 8.73. The summed E-state index contributed by atoms with van der Waals surface area (Å²) in [5.74, 6) is -0.840. The van der Waals surface area contributed by atoms with Gasteiger partial charge < -0.3 is 5.11 Å². The normalized spacial score (nSPS) is 34.0. The molecule has 0 bridgehead atoms. The van der Waals surface area contributed by atoms with Gasteiger partial charge in [-0.2, -0.15) is 17.0 Å². The smallest absolute Gasteiger partial charge is 0.322 e. The van der Waals surface area contributed by atoms with E-state index >= 15 is 0 Å². The topological polar surface area (TPSA) is 77.9 Å². The zero-order chi connectivity index (χ0) is 14.9. The van der Waals surface area contributed by atoms with Crippen molar-refractivity contribution in [1.29, 1.82) is 0 Å². The zero-order valence-electron chi connectivity index (χ0n) is 12.2. The quantitative estimate of drug-likeness (QED) is 0.848. The van der Waals surface area contributed by atoms with Gasteiger partial charge in [-0.25, -0.2) is 0 Å².